The van der Waals surface area contributed by atoms with Gasteiger partial charge in [-0.25, -0.2) is 18.7 Å². The van der Waals surface area contributed by atoms with Gasteiger partial charge in [-0.2, -0.15) is 0 Å². The molecule has 2 aromatic carbocycles. The molecule has 0 amide bonds. The van der Waals surface area contributed by atoms with E-state index in [0.717, 1.165) is 72.2 Å². The molecular weight excluding hydrogens is 452 g/mol. The molecule has 1 N–H and O–H groups in total. The number of rotatable bonds is 5. The lowest BCUT2D eigenvalue weighted by atomic mass is 10.1. The zero-order chi connectivity index (χ0) is 20.7. The second-order valence-electron chi connectivity index (χ2n) is 7.95. The number of hydrogen-bond acceptors (Lipinski definition) is 5. The Balaban J connectivity index is 1.35. The Bertz CT molecular complexity index is 1080. The summed E-state index contributed by atoms with van der Waals surface area (Å²) in [7, 11) is 0. The predicted molar refractivity (Wildman–Crippen MR) is 118 cm³/mol. The van der Waals surface area contributed by atoms with Crippen LogP contribution in [0.1, 0.15) is 18.4 Å². The van der Waals surface area contributed by atoms with Crippen molar-refractivity contribution in [2.45, 2.75) is 25.4 Å². The average Bonchev–Trinajstić information content (AvgIpc) is 3.55. The van der Waals surface area contributed by atoms with Gasteiger partial charge in [-0.05, 0) is 49.2 Å². The maximum atomic E-state index is 14.0. The highest BCUT2D eigenvalue weighted by Gasteiger charge is 2.27. The molecular formula is C22H22BrF2N5. The summed E-state index contributed by atoms with van der Waals surface area (Å²) in [5.41, 5.74) is 2.12. The van der Waals surface area contributed by atoms with Crippen LogP contribution in [0.5, 0.6) is 0 Å². The minimum atomic E-state index is -0.404. The monoisotopic (exact) mass is 473 g/mol. The van der Waals surface area contributed by atoms with Crippen LogP contribution >= 0.6 is 15.9 Å². The van der Waals surface area contributed by atoms with Gasteiger partial charge < -0.3 is 10.2 Å². The van der Waals surface area contributed by atoms with Crippen LogP contribution in [-0.2, 0) is 6.54 Å². The number of hydrogen-bond donors (Lipinski definition) is 1. The van der Waals surface area contributed by atoms with Crippen molar-refractivity contribution in [2.75, 3.05) is 36.4 Å². The molecule has 0 spiro atoms. The Hall–Kier alpha value is -2.32. The Kier molecular flexibility index (Phi) is 5.28. The average molecular weight is 474 g/mol. The van der Waals surface area contributed by atoms with Crippen LogP contribution in [0, 0.1) is 11.6 Å². The topological polar surface area (TPSA) is 44.3 Å². The number of nitrogens with zero attached hydrogens (tertiary/aromatic N) is 4. The van der Waals surface area contributed by atoms with Crippen molar-refractivity contribution in [3.8, 4) is 0 Å². The van der Waals surface area contributed by atoms with Gasteiger partial charge in [0.1, 0.15) is 11.6 Å². The van der Waals surface area contributed by atoms with E-state index >= 15 is 0 Å². The Morgan fingerprint density at radius 1 is 0.967 bits per heavy atom. The molecule has 1 saturated carbocycles. The minimum absolute atomic E-state index is 0.360. The van der Waals surface area contributed by atoms with Crippen molar-refractivity contribution in [1.82, 2.24) is 14.9 Å². The van der Waals surface area contributed by atoms with Crippen LogP contribution in [0.25, 0.3) is 11.0 Å². The SMILES string of the molecule is Fc1ccc(F)c(CN2CCN(c3nc4cc(Br)ccc4nc3NC3CC3)CC2)c1. The molecule has 0 atom stereocenters. The van der Waals surface area contributed by atoms with Gasteiger partial charge in [-0.15, -0.1) is 0 Å². The van der Waals surface area contributed by atoms with E-state index in [1.807, 2.05) is 18.2 Å². The van der Waals surface area contributed by atoms with Gasteiger partial charge in [0, 0.05) is 48.8 Å². The molecule has 0 bridgehead atoms. The summed E-state index contributed by atoms with van der Waals surface area (Å²) in [5, 5.41) is 3.52. The van der Waals surface area contributed by atoms with Crippen molar-refractivity contribution < 1.29 is 8.78 Å². The van der Waals surface area contributed by atoms with Crippen molar-refractivity contribution in [2.24, 2.45) is 0 Å². The number of fused-ring (bicyclic) bond motifs is 1. The van der Waals surface area contributed by atoms with Gasteiger partial charge in [-0.3, -0.25) is 4.90 Å². The van der Waals surface area contributed by atoms with E-state index in [4.69, 9.17) is 9.97 Å². The summed E-state index contributed by atoms with van der Waals surface area (Å²) < 4.78 is 28.4. The van der Waals surface area contributed by atoms with Crippen LogP contribution in [0.3, 0.4) is 0 Å². The predicted octanol–water partition coefficient (Wildman–Crippen LogP) is 4.57. The van der Waals surface area contributed by atoms with Gasteiger partial charge in [0.15, 0.2) is 11.6 Å². The van der Waals surface area contributed by atoms with Crippen molar-refractivity contribution in [3.05, 3.63) is 58.1 Å². The van der Waals surface area contributed by atoms with Crippen molar-refractivity contribution in [3.63, 3.8) is 0 Å². The number of anilines is 2. The molecule has 2 aliphatic rings. The third-order valence-electron chi connectivity index (χ3n) is 5.60. The minimum Gasteiger partial charge on any atom is -0.364 e. The molecule has 5 nitrogen and oxygen atoms in total. The van der Waals surface area contributed by atoms with Gasteiger partial charge in [0.05, 0.1) is 11.0 Å². The fourth-order valence-electron chi connectivity index (χ4n) is 3.78. The molecule has 5 rings (SSSR count). The number of piperazine rings is 1. The molecule has 1 aromatic heterocycles. The third-order valence-corrected chi connectivity index (χ3v) is 6.09. The molecule has 0 radical (unpaired) electrons. The normalized spacial score (nSPS) is 17.5. The number of aromatic nitrogens is 2. The zero-order valence-corrected chi connectivity index (χ0v) is 18.0. The van der Waals surface area contributed by atoms with Crippen LogP contribution in [0.2, 0.25) is 0 Å². The number of halogens is 3. The van der Waals surface area contributed by atoms with Gasteiger partial charge in [0.2, 0.25) is 0 Å². The first-order valence-electron chi connectivity index (χ1n) is 10.2. The molecule has 1 saturated heterocycles. The molecule has 156 valence electrons. The molecule has 0 unspecified atom stereocenters. The smallest absolute Gasteiger partial charge is 0.172 e. The highest BCUT2D eigenvalue weighted by atomic mass is 79.9. The van der Waals surface area contributed by atoms with Crippen LogP contribution in [0.4, 0.5) is 20.4 Å². The van der Waals surface area contributed by atoms with Gasteiger partial charge in [-0.1, -0.05) is 15.9 Å². The standard InChI is InChI=1S/C22H22BrF2N5/c23-15-1-6-19-20(12-15)28-22(21(27-19)26-17-3-4-17)30-9-7-29(8-10-30)13-14-11-16(24)2-5-18(14)25/h1-2,5-6,11-12,17H,3-4,7-10,13H2,(H,26,27). The Morgan fingerprint density at radius 3 is 2.53 bits per heavy atom. The fraction of sp³-hybridized carbons (Fsp3) is 0.364. The maximum absolute atomic E-state index is 14.0. The summed E-state index contributed by atoms with van der Waals surface area (Å²) in [5.74, 6) is 0.931. The Morgan fingerprint density at radius 2 is 1.77 bits per heavy atom. The van der Waals surface area contributed by atoms with Gasteiger partial charge >= 0.3 is 0 Å². The summed E-state index contributed by atoms with van der Waals surface area (Å²) in [4.78, 5) is 14.1. The molecule has 30 heavy (non-hydrogen) atoms. The highest BCUT2D eigenvalue weighted by Crippen LogP contribution is 2.32. The number of nitrogens with one attached hydrogen (secondary N) is 1. The lowest BCUT2D eigenvalue weighted by molar-refractivity contribution is 0.246. The molecule has 1 aliphatic carbocycles. The zero-order valence-electron chi connectivity index (χ0n) is 16.4. The molecule has 1 aliphatic heterocycles. The van der Waals surface area contributed by atoms with E-state index in [1.54, 1.807) is 0 Å². The van der Waals surface area contributed by atoms with Crippen LogP contribution in [0.15, 0.2) is 40.9 Å². The number of benzene rings is 2. The van der Waals surface area contributed by atoms with Crippen LogP contribution < -0.4 is 10.2 Å². The highest BCUT2D eigenvalue weighted by molar-refractivity contribution is 9.10. The summed E-state index contributed by atoms with van der Waals surface area (Å²) >= 11 is 3.51. The summed E-state index contributed by atoms with van der Waals surface area (Å²) in [6, 6.07) is 10.0. The summed E-state index contributed by atoms with van der Waals surface area (Å²) in [6.07, 6.45) is 2.32. The first-order chi connectivity index (χ1) is 14.5. The lowest BCUT2D eigenvalue weighted by Crippen LogP contribution is -2.46. The second kappa shape index (κ2) is 8.07. The second-order valence-corrected chi connectivity index (χ2v) is 8.86. The van der Waals surface area contributed by atoms with E-state index in [1.165, 1.54) is 12.1 Å². The van der Waals surface area contributed by atoms with Crippen LogP contribution in [-0.4, -0.2) is 47.1 Å². The Labute approximate surface area is 182 Å². The van der Waals surface area contributed by atoms with E-state index in [2.05, 4.69) is 31.0 Å². The van der Waals surface area contributed by atoms with E-state index in [0.29, 0.717) is 18.2 Å². The van der Waals surface area contributed by atoms with Crippen molar-refractivity contribution in [1.29, 1.82) is 0 Å². The van der Waals surface area contributed by atoms with Gasteiger partial charge in [0.25, 0.3) is 0 Å². The van der Waals surface area contributed by atoms with E-state index in [9.17, 15) is 8.78 Å². The molecule has 3 aromatic rings. The largest absolute Gasteiger partial charge is 0.364 e. The first-order valence-corrected chi connectivity index (χ1v) is 11.0. The first kappa shape index (κ1) is 19.6. The lowest BCUT2D eigenvalue weighted by Gasteiger charge is -2.36. The third kappa shape index (κ3) is 4.25. The molecule has 8 heteroatoms. The molecule has 2 heterocycles. The van der Waals surface area contributed by atoms with Crippen molar-refractivity contribution >= 4 is 38.6 Å². The quantitative estimate of drug-likeness (QED) is 0.587. The van der Waals surface area contributed by atoms with E-state index < -0.39 is 5.82 Å². The molecule has 2 fully saturated rings. The summed E-state index contributed by atoms with van der Waals surface area (Å²) in [6.45, 7) is 3.41. The maximum Gasteiger partial charge on any atom is 0.172 e. The van der Waals surface area contributed by atoms with E-state index in [-0.39, 0.29) is 5.82 Å². The fourth-order valence-corrected chi connectivity index (χ4v) is 4.13.